The van der Waals surface area contributed by atoms with Crippen molar-refractivity contribution in [2.45, 2.75) is 19.0 Å². The number of thioether (sulfide) groups is 1. The SMILES string of the molecule is Cc1cc(C)cc(C(=O)NCCSc2ncc(-c3ccc(Cl)cc3)[nH]2)c1. The number of carbonyl (C=O) groups excluding carboxylic acids is 1. The second-order valence-corrected chi connectivity index (χ2v) is 7.61. The summed E-state index contributed by atoms with van der Waals surface area (Å²) >= 11 is 7.49. The Kier molecular flexibility index (Phi) is 6.01. The fraction of sp³-hybridized carbons (Fsp3) is 0.200. The molecule has 4 nitrogen and oxygen atoms in total. The summed E-state index contributed by atoms with van der Waals surface area (Å²) in [6.07, 6.45) is 1.81. The molecule has 1 heterocycles. The quantitative estimate of drug-likeness (QED) is 0.470. The molecule has 0 unspecified atom stereocenters. The number of nitrogens with zero attached hydrogens (tertiary/aromatic N) is 1. The van der Waals surface area contributed by atoms with Crippen LogP contribution in [0.15, 0.2) is 53.8 Å². The third-order valence-electron chi connectivity index (χ3n) is 3.82. The van der Waals surface area contributed by atoms with Gasteiger partial charge in [0.05, 0.1) is 11.9 Å². The van der Waals surface area contributed by atoms with Gasteiger partial charge in [-0.3, -0.25) is 4.79 Å². The molecular formula is C20H20ClN3OS. The zero-order valence-electron chi connectivity index (χ0n) is 14.7. The average Bonchev–Trinajstić information content (AvgIpc) is 3.07. The zero-order valence-corrected chi connectivity index (χ0v) is 16.2. The van der Waals surface area contributed by atoms with E-state index in [1.54, 1.807) is 18.0 Å². The summed E-state index contributed by atoms with van der Waals surface area (Å²) in [5.41, 5.74) is 4.88. The number of aromatic amines is 1. The molecule has 0 saturated heterocycles. The number of hydrogen-bond donors (Lipinski definition) is 2. The van der Waals surface area contributed by atoms with E-state index in [1.165, 1.54) is 0 Å². The van der Waals surface area contributed by atoms with Crippen LogP contribution in [0.2, 0.25) is 5.02 Å². The lowest BCUT2D eigenvalue weighted by molar-refractivity contribution is 0.0956. The van der Waals surface area contributed by atoms with E-state index >= 15 is 0 Å². The number of aryl methyl sites for hydroxylation is 2. The van der Waals surface area contributed by atoms with Crippen molar-refractivity contribution in [1.29, 1.82) is 0 Å². The molecule has 3 aromatic rings. The molecule has 2 aromatic carbocycles. The first-order valence-electron chi connectivity index (χ1n) is 8.31. The van der Waals surface area contributed by atoms with Crippen LogP contribution in [0.1, 0.15) is 21.5 Å². The minimum Gasteiger partial charge on any atom is -0.351 e. The molecule has 0 spiro atoms. The Hall–Kier alpha value is -2.24. The van der Waals surface area contributed by atoms with E-state index in [0.717, 1.165) is 33.3 Å². The number of aromatic nitrogens is 2. The Balaban J connectivity index is 1.49. The molecule has 26 heavy (non-hydrogen) atoms. The van der Waals surface area contributed by atoms with Crippen LogP contribution in [0.5, 0.6) is 0 Å². The summed E-state index contributed by atoms with van der Waals surface area (Å²) in [5, 5.41) is 4.49. The molecule has 6 heteroatoms. The Bertz CT molecular complexity index is 885. The van der Waals surface area contributed by atoms with Gasteiger partial charge in [0.1, 0.15) is 0 Å². The van der Waals surface area contributed by atoms with Crippen molar-refractivity contribution in [1.82, 2.24) is 15.3 Å². The first kappa shape index (κ1) is 18.5. The zero-order chi connectivity index (χ0) is 18.5. The van der Waals surface area contributed by atoms with Crippen LogP contribution < -0.4 is 5.32 Å². The Morgan fingerprint density at radius 3 is 2.54 bits per heavy atom. The number of carbonyl (C=O) groups is 1. The van der Waals surface area contributed by atoms with Gasteiger partial charge in [0.2, 0.25) is 0 Å². The number of amides is 1. The Morgan fingerprint density at radius 1 is 1.15 bits per heavy atom. The summed E-state index contributed by atoms with van der Waals surface area (Å²) in [6.45, 7) is 4.57. The fourth-order valence-electron chi connectivity index (χ4n) is 2.67. The monoisotopic (exact) mass is 385 g/mol. The largest absolute Gasteiger partial charge is 0.351 e. The summed E-state index contributed by atoms with van der Waals surface area (Å²) in [4.78, 5) is 19.9. The molecule has 0 aliphatic rings. The van der Waals surface area contributed by atoms with E-state index in [4.69, 9.17) is 11.6 Å². The number of rotatable bonds is 6. The standard InChI is InChI=1S/C20H20ClN3OS/c1-13-9-14(2)11-16(10-13)19(25)22-7-8-26-20-23-12-18(24-20)15-3-5-17(21)6-4-15/h3-6,9-12H,7-8H2,1-2H3,(H,22,25)(H,23,24). The van der Waals surface area contributed by atoms with Gasteiger partial charge in [-0.1, -0.05) is 52.7 Å². The number of halogens is 1. The van der Waals surface area contributed by atoms with Crippen molar-refractivity contribution in [3.63, 3.8) is 0 Å². The summed E-state index contributed by atoms with van der Waals surface area (Å²) in [7, 11) is 0. The molecular weight excluding hydrogens is 366 g/mol. The first-order chi connectivity index (χ1) is 12.5. The Morgan fingerprint density at radius 2 is 1.85 bits per heavy atom. The second-order valence-electron chi connectivity index (χ2n) is 6.09. The highest BCUT2D eigenvalue weighted by atomic mass is 35.5. The second kappa shape index (κ2) is 8.43. The van der Waals surface area contributed by atoms with Crippen LogP contribution in [-0.4, -0.2) is 28.2 Å². The molecule has 134 valence electrons. The van der Waals surface area contributed by atoms with Crippen molar-refractivity contribution in [3.8, 4) is 11.3 Å². The van der Waals surface area contributed by atoms with Gasteiger partial charge in [0.25, 0.3) is 5.91 Å². The predicted octanol–water partition coefficient (Wildman–Crippen LogP) is 4.87. The van der Waals surface area contributed by atoms with Gasteiger partial charge in [-0.05, 0) is 43.7 Å². The average molecular weight is 386 g/mol. The highest BCUT2D eigenvalue weighted by Crippen LogP contribution is 2.22. The molecule has 3 rings (SSSR count). The number of benzene rings is 2. The van der Waals surface area contributed by atoms with Gasteiger partial charge in [0.15, 0.2) is 5.16 Å². The van der Waals surface area contributed by atoms with Crippen LogP contribution >= 0.6 is 23.4 Å². The van der Waals surface area contributed by atoms with Crippen molar-refractivity contribution in [2.24, 2.45) is 0 Å². The summed E-state index contributed by atoms with van der Waals surface area (Å²) < 4.78 is 0. The maximum Gasteiger partial charge on any atom is 0.251 e. The lowest BCUT2D eigenvalue weighted by Gasteiger charge is -2.06. The maximum atomic E-state index is 12.2. The molecule has 1 aromatic heterocycles. The molecule has 0 aliphatic heterocycles. The number of hydrogen-bond acceptors (Lipinski definition) is 3. The van der Waals surface area contributed by atoms with Crippen LogP contribution in [0.4, 0.5) is 0 Å². The first-order valence-corrected chi connectivity index (χ1v) is 9.68. The molecule has 0 bridgehead atoms. The van der Waals surface area contributed by atoms with E-state index < -0.39 is 0 Å². The molecule has 0 atom stereocenters. The fourth-order valence-corrected chi connectivity index (χ4v) is 3.51. The van der Waals surface area contributed by atoms with Crippen LogP contribution in [0.25, 0.3) is 11.3 Å². The van der Waals surface area contributed by atoms with Gasteiger partial charge in [-0.15, -0.1) is 0 Å². The minimum atomic E-state index is -0.0429. The minimum absolute atomic E-state index is 0.0429. The van der Waals surface area contributed by atoms with Crippen molar-refractivity contribution in [2.75, 3.05) is 12.3 Å². The molecule has 0 aliphatic carbocycles. The van der Waals surface area contributed by atoms with E-state index in [1.807, 2.05) is 50.2 Å². The third kappa shape index (κ3) is 4.90. The Labute approximate surface area is 162 Å². The van der Waals surface area contributed by atoms with Gasteiger partial charge < -0.3 is 10.3 Å². The van der Waals surface area contributed by atoms with Gasteiger partial charge in [-0.25, -0.2) is 4.98 Å². The topological polar surface area (TPSA) is 57.8 Å². The number of imidazole rings is 1. The molecule has 0 radical (unpaired) electrons. The number of nitrogens with one attached hydrogen (secondary N) is 2. The van der Waals surface area contributed by atoms with E-state index in [-0.39, 0.29) is 5.91 Å². The molecule has 2 N–H and O–H groups in total. The van der Waals surface area contributed by atoms with Crippen LogP contribution in [0.3, 0.4) is 0 Å². The van der Waals surface area contributed by atoms with Crippen molar-refractivity contribution in [3.05, 3.63) is 70.4 Å². The van der Waals surface area contributed by atoms with Gasteiger partial charge >= 0.3 is 0 Å². The van der Waals surface area contributed by atoms with Crippen LogP contribution in [0, 0.1) is 13.8 Å². The van der Waals surface area contributed by atoms with Crippen molar-refractivity contribution < 1.29 is 4.79 Å². The highest BCUT2D eigenvalue weighted by Gasteiger charge is 2.07. The normalized spacial score (nSPS) is 10.7. The van der Waals surface area contributed by atoms with E-state index in [0.29, 0.717) is 17.1 Å². The van der Waals surface area contributed by atoms with Gasteiger partial charge in [-0.2, -0.15) is 0 Å². The smallest absolute Gasteiger partial charge is 0.251 e. The predicted molar refractivity (Wildman–Crippen MR) is 108 cm³/mol. The molecule has 0 saturated carbocycles. The molecule has 1 amide bonds. The lowest BCUT2D eigenvalue weighted by atomic mass is 10.1. The maximum absolute atomic E-state index is 12.2. The van der Waals surface area contributed by atoms with Crippen LogP contribution in [-0.2, 0) is 0 Å². The van der Waals surface area contributed by atoms with E-state index in [9.17, 15) is 4.79 Å². The molecule has 0 fully saturated rings. The van der Waals surface area contributed by atoms with Crippen molar-refractivity contribution >= 4 is 29.3 Å². The summed E-state index contributed by atoms with van der Waals surface area (Å²) in [6, 6.07) is 13.5. The third-order valence-corrected chi connectivity index (χ3v) is 4.96. The lowest BCUT2D eigenvalue weighted by Crippen LogP contribution is -2.25. The van der Waals surface area contributed by atoms with E-state index in [2.05, 4.69) is 21.4 Å². The highest BCUT2D eigenvalue weighted by molar-refractivity contribution is 7.99. The van der Waals surface area contributed by atoms with Gasteiger partial charge in [0, 0.05) is 22.9 Å². The summed E-state index contributed by atoms with van der Waals surface area (Å²) in [5.74, 6) is 0.697. The number of H-pyrrole nitrogens is 1.